The lowest BCUT2D eigenvalue weighted by Gasteiger charge is -2.25. The molecule has 2 atom stereocenters. The maximum absolute atomic E-state index is 12.5. The van der Waals surface area contributed by atoms with E-state index in [4.69, 9.17) is 65.4 Å². The number of aryl methyl sites for hydroxylation is 4. The SMILES string of the molecule is C.CCCCc1ccc(OCC(=O)C(C)Oc2ccc(C)cc2)cc1.CNCC(c1ccc(Cl)cc1)c1ccc(Cl)cc1.Cc1ccc(OC(C)C(=O)COc2ccc(CCCN(C)CC(c3ccc(Cl)cc3)c3ccc(Cl)cc3)cc2)cc1. The number of rotatable bonds is 27. The molecule has 84 heavy (non-hydrogen) atoms. The molecule has 1 N–H and O–H groups in total. The van der Waals surface area contributed by atoms with Crippen LogP contribution >= 0.6 is 46.4 Å². The first-order valence-electron chi connectivity index (χ1n) is 28.4. The van der Waals surface area contributed by atoms with E-state index in [0.717, 1.165) is 70.1 Å². The number of ether oxygens (including phenoxy) is 4. The van der Waals surface area contributed by atoms with Gasteiger partial charge in [0.2, 0.25) is 11.6 Å². The first-order valence-corrected chi connectivity index (χ1v) is 29.9. The number of hydrogen-bond donors (Lipinski definition) is 1. The summed E-state index contributed by atoms with van der Waals surface area (Å²) in [5.74, 6) is 3.11. The molecule has 444 valence electrons. The third kappa shape index (κ3) is 23.8. The molecule has 8 nitrogen and oxygen atoms in total. The summed E-state index contributed by atoms with van der Waals surface area (Å²) in [4.78, 5) is 27.0. The minimum atomic E-state index is -0.576. The highest BCUT2D eigenvalue weighted by atomic mass is 35.5. The van der Waals surface area contributed by atoms with Gasteiger partial charge in [-0.2, -0.15) is 0 Å². The van der Waals surface area contributed by atoms with E-state index in [1.807, 2.05) is 142 Å². The van der Waals surface area contributed by atoms with Gasteiger partial charge in [0.05, 0.1) is 0 Å². The highest BCUT2D eigenvalue weighted by molar-refractivity contribution is 6.31. The van der Waals surface area contributed by atoms with Crippen molar-refractivity contribution in [2.45, 2.75) is 98.2 Å². The second-order valence-electron chi connectivity index (χ2n) is 20.8. The predicted octanol–water partition coefficient (Wildman–Crippen LogP) is 18.1. The number of carbonyl (C=O) groups excluding carboxylic acids is 2. The summed E-state index contributed by atoms with van der Waals surface area (Å²) in [6.07, 6.45) is 4.33. The van der Waals surface area contributed by atoms with E-state index >= 15 is 0 Å². The van der Waals surface area contributed by atoms with E-state index in [1.165, 1.54) is 46.2 Å². The molecule has 0 aromatic heterocycles. The molecule has 8 aromatic carbocycles. The number of likely N-dealkylation sites (N-methyl/N-ethyl adjacent to an activating group) is 2. The van der Waals surface area contributed by atoms with Gasteiger partial charge >= 0.3 is 0 Å². The van der Waals surface area contributed by atoms with Crippen LogP contribution in [0.5, 0.6) is 23.0 Å². The number of benzene rings is 8. The van der Waals surface area contributed by atoms with Gasteiger partial charge in [-0.3, -0.25) is 9.59 Å². The fourth-order valence-electron chi connectivity index (χ4n) is 8.97. The lowest BCUT2D eigenvalue weighted by atomic mass is 9.91. The summed E-state index contributed by atoms with van der Waals surface area (Å²) in [5, 5.41) is 6.23. The second-order valence-corrected chi connectivity index (χ2v) is 22.5. The smallest absolute Gasteiger partial charge is 0.210 e. The van der Waals surface area contributed by atoms with E-state index in [2.05, 4.69) is 97.0 Å². The fourth-order valence-corrected chi connectivity index (χ4v) is 9.48. The summed E-state index contributed by atoms with van der Waals surface area (Å²) < 4.78 is 22.7. The Labute approximate surface area is 520 Å². The van der Waals surface area contributed by atoms with Gasteiger partial charge in [-0.1, -0.05) is 175 Å². The average Bonchev–Trinajstić information content (AvgIpc) is 3.70. The van der Waals surface area contributed by atoms with Crippen molar-refractivity contribution < 1.29 is 28.5 Å². The predicted molar refractivity (Wildman–Crippen MR) is 351 cm³/mol. The van der Waals surface area contributed by atoms with Gasteiger partial charge in [-0.25, -0.2) is 0 Å². The summed E-state index contributed by atoms with van der Waals surface area (Å²) in [6, 6.07) is 63.4. The van der Waals surface area contributed by atoms with Crippen LogP contribution in [0.3, 0.4) is 0 Å². The van der Waals surface area contributed by atoms with E-state index in [9.17, 15) is 9.59 Å². The van der Waals surface area contributed by atoms with Crippen LogP contribution in [0, 0.1) is 13.8 Å². The molecule has 0 aliphatic rings. The van der Waals surface area contributed by atoms with Crippen molar-refractivity contribution in [3.63, 3.8) is 0 Å². The van der Waals surface area contributed by atoms with Gasteiger partial charge in [0.25, 0.3) is 0 Å². The normalized spacial score (nSPS) is 11.5. The molecular weight excluding hydrogens is 1130 g/mol. The molecule has 0 aliphatic heterocycles. The number of ketones is 2. The van der Waals surface area contributed by atoms with Crippen molar-refractivity contribution in [2.75, 3.05) is 46.9 Å². The highest BCUT2D eigenvalue weighted by Crippen LogP contribution is 2.30. The lowest BCUT2D eigenvalue weighted by molar-refractivity contribution is -0.127. The van der Waals surface area contributed by atoms with Gasteiger partial charge in [0.1, 0.15) is 23.0 Å². The number of halogens is 4. The molecule has 2 unspecified atom stereocenters. The average molecular weight is 1210 g/mol. The maximum Gasteiger partial charge on any atom is 0.210 e. The molecular formula is C72H82Cl4N2O6. The highest BCUT2D eigenvalue weighted by Gasteiger charge is 2.19. The second kappa shape index (κ2) is 36.3. The molecule has 0 bridgehead atoms. The Balaban J connectivity index is 0.000000253. The Morgan fingerprint density at radius 1 is 0.464 bits per heavy atom. The van der Waals surface area contributed by atoms with Gasteiger partial charge in [-0.05, 0) is 204 Å². The third-order valence-electron chi connectivity index (χ3n) is 14.0. The summed E-state index contributed by atoms with van der Waals surface area (Å²) in [7, 11) is 4.12. The van der Waals surface area contributed by atoms with Crippen molar-refractivity contribution in [1.29, 1.82) is 0 Å². The van der Waals surface area contributed by atoms with Crippen molar-refractivity contribution >= 4 is 58.0 Å². The molecule has 0 spiro atoms. The topological polar surface area (TPSA) is 86.3 Å². The first kappa shape index (κ1) is 68.2. The molecule has 0 amide bonds. The van der Waals surface area contributed by atoms with E-state index in [-0.39, 0.29) is 38.1 Å². The van der Waals surface area contributed by atoms with Crippen LogP contribution in [0.2, 0.25) is 20.1 Å². The van der Waals surface area contributed by atoms with Crippen LogP contribution in [-0.2, 0) is 22.4 Å². The quantitative estimate of drug-likeness (QED) is 0.0545. The Hall–Kier alpha value is -6.62. The van der Waals surface area contributed by atoms with Crippen molar-refractivity contribution in [3.05, 3.63) is 259 Å². The standard InChI is InChI=1S/C35H37Cl2NO3.C21H26O3.C15H15Cl2N.CH4/c1-25-6-18-33(19-7-25)41-26(2)35(39)24-40-32-20-8-27(9-21-32)5-4-22-38(3)23-34(28-10-14-30(36)15-11-28)29-12-16-31(37)17-13-29;1-4-5-6-18-9-13-19(14-10-18)23-15-21(22)17(3)24-20-11-7-16(2)8-12-20;1-18-10-15(11-2-6-13(16)7-3-11)12-4-8-14(17)9-5-12;/h6-21,26,34H,4-5,22-24H2,1-3H3;7-14,17H,4-6,15H2,1-3H3;2-9,15,18H,10H2,1H3;1H4. The first-order chi connectivity index (χ1) is 40.0. The van der Waals surface area contributed by atoms with Gasteiger partial charge < -0.3 is 29.2 Å². The number of unbranched alkanes of at least 4 members (excludes halogenated alkanes) is 1. The monoisotopic (exact) mass is 1210 g/mol. The van der Waals surface area contributed by atoms with Crippen LogP contribution in [0.1, 0.15) is 104 Å². The van der Waals surface area contributed by atoms with Crippen LogP contribution in [0.15, 0.2) is 194 Å². The molecule has 12 heteroatoms. The summed E-state index contributed by atoms with van der Waals surface area (Å²) in [5.41, 5.74) is 9.79. The zero-order chi connectivity index (χ0) is 59.5. The minimum Gasteiger partial charge on any atom is -0.486 e. The van der Waals surface area contributed by atoms with Crippen molar-refractivity contribution in [1.82, 2.24) is 10.2 Å². The lowest BCUT2D eigenvalue weighted by Crippen LogP contribution is -2.28. The van der Waals surface area contributed by atoms with E-state index < -0.39 is 12.2 Å². The van der Waals surface area contributed by atoms with Crippen LogP contribution in [-0.4, -0.2) is 75.6 Å². The summed E-state index contributed by atoms with van der Waals surface area (Å²) in [6.45, 7) is 12.4. The molecule has 0 fully saturated rings. The fraction of sp³-hybridized carbons (Fsp3) is 0.306. The Bertz CT molecular complexity index is 3050. The third-order valence-corrected chi connectivity index (χ3v) is 15.0. The van der Waals surface area contributed by atoms with Crippen molar-refractivity contribution in [2.24, 2.45) is 0 Å². The number of carbonyl (C=O) groups is 2. The minimum absolute atomic E-state index is 0. The molecule has 0 aliphatic carbocycles. The van der Waals surface area contributed by atoms with Gasteiger partial charge in [-0.15, -0.1) is 0 Å². The molecule has 0 saturated carbocycles. The van der Waals surface area contributed by atoms with Crippen LogP contribution < -0.4 is 24.3 Å². The zero-order valence-electron chi connectivity index (χ0n) is 48.8. The Morgan fingerprint density at radius 2 is 0.786 bits per heavy atom. The summed E-state index contributed by atoms with van der Waals surface area (Å²) >= 11 is 24.1. The largest absolute Gasteiger partial charge is 0.486 e. The molecule has 8 aromatic rings. The van der Waals surface area contributed by atoms with Crippen LogP contribution in [0.4, 0.5) is 0 Å². The number of Topliss-reactive ketones (excluding diaryl/α,β-unsaturated/α-hetero) is 2. The van der Waals surface area contributed by atoms with E-state index in [0.29, 0.717) is 28.9 Å². The Kier molecular flexibility index (Phi) is 29.4. The maximum atomic E-state index is 12.5. The zero-order valence-corrected chi connectivity index (χ0v) is 51.8. The van der Waals surface area contributed by atoms with Crippen molar-refractivity contribution in [3.8, 4) is 23.0 Å². The molecule has 0 saturated heterocycles. The number of nitrogens with one attached hydrogen (secondary N) is 1. The number of hydrogen-bond acceptors (Lipinski definition) is 8. The molecule has 8 rings (SSSR count). The Morgan fingerprint density at radius 3 is 1.12 bits per heavy atom. The van der Waals surface area contributed by atoms with E-state index in [1.54, 1.807) is 13.8 Å². The molecule has 0 heterocycles. The molecule has 0 radical (unpaired) electrons. The van der Waals surface area contributed by atoms with Crippen LogP contribution in [0.25, 0.3) is 0 Å². The van der Waals surface area contributed by atoms with Gasteiger partial charge in [0.15, 0.2) is 25.4 Å². The number of nitrogens with zero attached hydrogens (tertiary/aromatic N) is 1. The van der Waals surface area contributed by atoms with Gasteiger partial charge in [0, 0.05) is 45.0 Å².